The van der Waals surface area contributed by atoms with Crippen LogP contribution in [0.4, 0.5) is 0 Å². The van der Waals surface area contributed by atoms with Crippen molar-refractivity contribution in [3.05, 3.63) is 72.7 Å². The Balaban J connectivity index is 1.51. The lowest BCUT2D eigenvalue weighted by Crippen LogP contribution is -1.92. The minimum Gasteiger partial charge on any atom is -0.454 e. The van der Waals surface area contributed by atoms with Crippen molar-refractivity contribution in [2.75, 3.05) is 6.79 Å². The Morgan fingerprint density at radius 2 is 1.77 bits per heavy atom. The smallest absolute Gasteiger partial charge is 0.231 e. The molecule has 0 unspecified atom stereocenters. The standard InChI is InChI=1S/C21H15N3O2/c1-4-20-21(26-14-25-20)11-15(1)7-10-24-19-12-17(2-3-18(19)13-23-24)16-5-8-22-9-6-16/h1-13H,14H2. The van der Waals surface area contributed by atoms with Gasteiger partial charge in [0, 0.05) is 24.0 Å². The second kappa shape index (κ2) is 6.04. The van der Waals surface area contributed by atoms with Crippen LogP contribution in [0.2, 0.25) is 0 Å². The fraction of sp³-hybridized carbons (Fsp3) is 0.0476. The van der Waals surface area contributed by atoms with Crippen molar-refractivity contribution < 1.29 is 9.47 Å². The van der Waals surface area contributed by atoms with Gasteiger partial charge in [-0.15, -0.1) is 0 Å². The van der Waals surface area contributed by atoms with Gasteiger partial charge in [0.05, 0.1) is 11.7 Å². The molecule has 2 aromatic carbocycles. The maximum absolute atomic E-state index is 5.43. The second-order valence-electron chi connectivity index (χ2n) is 6.03. The number of ether oxygens (including phenoxy) is 2. The van der Waals surface area contributed by atoms with E-state index in [0.29, 0.717) is 0 Å². The van der Waals surface area contributed by atoms with Gasteiger partial charge in [0.15, 0.2) is 11.5 Å². The first-order chi connectivity index (χ1) is 12.9. The zero-order chi connectivity index (χ0) is 17.3. The van der Waals surface area contributed by atoms with Crippen LogP contribution in [-0.4, -0.2) is 21.6 Å². The molecule has 3 heterocycles. The Bertz CT molecular complexity index is 1120. The van der Waals surface area contributed by atoms with Gasteiger partial charge < -0.3 is 9.47 Å². The Morgan fingerprint density at radius 1 is 0.885 bits per heavy atom. The highest BCUT2D eigenvalue weighted by atomic mass is 16.7. The molecule has 2 aromatic heterocycles. The highest BCUT2D eigenvalue weighted by Crippen LogP contribution is 2.33. The number of fused-ring (bicyclic) bond motifs is 2. The van der Waals surface area contributed by atoms with E-state index in [1.54, 1.807) is 12.4 Å². The fourth-order valence-electron chi connectivity index (χ4n) is 3.05. The summed E-state index contributed by atoms with van der Waals surface area (Å²) in [5.41, 5.74) is 4.35. The first kappa shape index (κ1) is 14.7. The van der Waals surface area contributed by atoms with Gasteiger partial charge in [-0.1, -0.05) is 18.2 Å². The molecular weight excluding hydrogens is 326 g/mol. The largest absolute Gasteiger partial charge is 0.454 e. The maximum Gasteiger partial charge on any atom is 0.231 e. The van der Waals surface area contributed by atoms with Crippen LogP contribution in [0.5, 0.6) is 11.5 Å². The summed E-state index contributed by atoms with van der Waals surface area (Å²) >= 11 is 0. The number of benzene rings is 2. The van der Waals surface area contributed by atoms with E-state index >= 15 is 0 Å². The molecule has 0 saturated heterocycles. The predicted molar refractivity (Wildman–Crippen MR) is 101 cm³/mol. The minimum atomic E-state index is 0.282. The summed E-state index contributed by atoms with van der Waals surface area (Å²) in [4.78, 5) is 4.08. The van der Waals surface area contributed by atoms with Gasteiger partial charge in [0.2, 0.25) is 6.79 Å². The van der Waals surface area contributed by atoms with Crippen LogP contribution >= 0.6 is 0 Å². The molecule has 0 amide bonds. The Morgan fingerprint density at radius 3 is 2.69 bits per heavy atom. The summed E-state index contributed by atoms with van der Waals surface area (Å²) < 4.78 is 12.7. The summed E-state index contributed by atoms with van der Waals surface area (Å²) in [6, 6.07) is 16.2. The molecule has 5 heteroatoms. The van der Waals surface area contributed by atoms with Crippen molar-refractivity contribution in [1.29, 1.82) is 0 Å². The van der Waals surface area contributed by atoms with E-state index in [4.69, 9.17) is 9.47 Å². The highest BCUT2D eigenvalue weighted by Gasteiger charge is 2.12. The molecule has 0 atom stereocenters. The van der Waals surface area contributed by atoms with Crippen molar-refractivity contribution in [2.24, 2.45) is 0 Å². The van der Waals surface area contributed by atoms with E-state index in [-0.39, 0.29) is 6.79 Å². The third kappa shape index (κ3) is 2.59. The van der Waals surface area contributed by atoms with Crippen molar-refractivity contribution >= 4 is 23.2 Å². The van der Waals surface area contributed by atoms with Gasteiger partial charge in [-0.3, -0.25) is 4.98 Å². The molecular formula is C21H15N3O2. The summed E-state index contributed by atoms with van der Waals surface area (Å²) in [7, 11) is 0. The van der Waals surface area contributed by atoms with Crippen LogP contribution in [0.3, 0.4) is 0 Å². The number of aromatic nitrogens is 3. The van der Waals surface area contributed by atoms with Crippen LogP contribution in [0.1, 0.15) is 5.56 Å². The lowest BCUT2D eigenvalue weighted by atomic mass is 10.1. The van der Waals surface area contributed by atoms with Crippen LogP contribution in [-0.2, 0) is 0 Å². The molecule has 5 rings (SSSR count). The number of nitrogens with zero attached hydrogens (tertiary/aromatic N) is 3. The number of hydrogen-bond donors (Lipinski definition) is 0. The molecule has 0 aliphatic carbocycles. The first-order valence-electron chi connectivity index (χ1n) is 8.32. The number of rotatable bonds is 3. The Kier molecular flexibility index (Phi) is 3.42. The minimum absolute atomic E-state index is 0.282. The summed E-state index contributed by atoms with van der Waals surface area (Å²) in [6.45, 7) is 0.282. The molecule has 26 heavy (non-hydrogen) atoms. The molecule has 0 fully saturated rings. The van der Waals surface area contributed by atoms with Crippen molar-refractivity contribution in [3.63, 3.8) is 0 Å². The number of hydrogen-bond acceptors (Lipinski definition) is 4. The summed E-state index contributed by atoms with van der Waals surface area (Å²) in [6.07, 6.45) is 9.44. The van der Waals surface area contributed by atoms with Crippen LogP contribution in [0.15, 0.2) is 67.1 Å². The molecule has 0 radical (unpaired) electrons. The second-order valence-corrected chi connectivity index (χ2v) is 6.03. The van der Waals surface area contributed by atoms with Gasteiger partial charge in [-0.05, 0) is 53.1 Å². The normalized spacial score (nSPS) is 12.9. The van der Waals surface area contributed by atoms with E-state index in [1.165, 1.54) is 0 Å². The van der Waals surface area contributed by atoms with Gasteiger partial charge in [-0.2, -0.15) is 5.10 Å². The lowest BCUT2D eigenvalue weighted by Gasteiger charge is -2.03. The van der Waals surface area contributed by atoms with E-state index in [1.807, 2.05) is 53.5 Å². The molecule has 0 saturated carbocycles. The third-order valence-corrected chi connectivity index (χ3v) is 4.42. The molecule has 0 N–H and O–H groups in total. The molecule has 0 spiro atoms. The van der Waals surface area contributed by atoms with Crippen molar-refractivity contribution in [2.45, 2.75) is 0 Å². The average Bonchev–Trinajstić information content (AvgIpc) is 3.33. The Hall–Kier alpha value is -3.60. The van der Waals surface area contributed by atoms with Crippen LogP contribution in [0.25, 0.3) is 34.3 Å². The lowest BCUT2D eigenvalue weighted by molar-refractivity contribution is 0.174. The van der Waals surface area contributed by atoms with E-state index < -0.39 is 0 Å². The van der Waals surface area contributed by atoms with Crippen LogP contribution in [0, 0.1) is 0 Å². The fourth-order valence-corrected chi connectivity index (χ4v) is 3.05. The highest BCUT2D eigenvalue weighted by molar-refractivity contribution is 5.86. The maximum atomic E-state index is 5.43. The van der Waals surface area contributed by atoms with Gasteiger partial charge in [0.1, 0.15) is 0 Å². The van der Waals surface area contributed by atoms with Gasteiger partial charge >= 0.3 is 0 Å². The first-order valence-corrected chi connectivity index (χ1v) is 8.32. The van der Waals surface area contributed by atoms with Gasteiger partial charge in [0.25, 0.3) is 0 Å². The topological polar surface area (TPSA) is 49.2 Å². The SMILES string of the molecule is C(=Cn1ncc2ccc(-c3ccncc3)cc21)c1ccc2c(c1)OCO2. The van der Waals surface area contributed by atoms with Crippen molar-refractivity contribution in [3.8, 4) is 22.6 Å². The monoisotopic (exact) mass is 341 g/mol. The Labute approximate surface area is 150 Å². The quantitative estimate of drug-likeness (QED) is 0.552. The van der Waals surface area contributed by atoms with Crippen molar-refractivity contribution in [1.82, 2.24) is 14.8 Å². The zero-order valence-corrected chi connectivity index (χ0v) is 13.9. The van der Waals surface area contributed by atoms with E-state index in [2.05, 4.69) is 28.3 Å². The van der Waals surface area contributed by atoms with Crippen LogP contribution < -0.4 is 9.47 Å². The summed E-state index contributed by atoms with van der Waals surface area (Å²) in [5.74, 6) is 1.56. The molecule has 5 nitrogen and oxygen atoms in total. The summed E-state index contributed by atoms with van der Waals surface area (Å²) in [5, 5.41) is 5.57. The van der Waals surface area contributed by atoms with Gasteiger partial charge in [-0.25, -0.2) is 4.68 Å². The average molecular weight is 341 g/mol. The molecule has 0 bridgehead atoms. The molecule has 1 aliphatic rings. The molecule has 4 aromatic rings. The van der Waals surface area contributed by atoms with E-state index in [9.17, 15) is 0 Å². The van der Waals surface area contributed by atoms with E-state index in [0.717, 1.165) is 39.1 Å². The third-order valence-electron chi connectivity index (χ3n) is 4.42. The molecule has 1 aliphatic heterocycles. The molecule has 126 valence electrons. The zero-order valence-electron chi connectivity index (χ0n) is 13.9. The number of pyridine rings is 1. The predicted octanol–water partition coefficient (Wildman–Crippen LogP) is 4.45.